The predicted octanol–water partition coefficient (Wildman–Crippen LogP) is 2.90. The minimum atomic E-state index is -0.0613. The lowest BCUT2D eigenvalue weighted by molar-refractivity contribution is -0.116. The lowest BCUT2D eigenvalue weighted by Crippen LogP contribution is -2.21. The molecule has 0 aromatic heterocycles. The number of ether oxygens (including phenoxy) is 2. The van der Waals surface area contributed by atoms with Crippen LogP contribution in [-0.2, 0) is 4.79 Å². The van der Waals surface area contributed by atoms with Crippen LogP contribution in [0.15, 0.2) is 36.4 Å². The lowest BCUT2D eigenvalue weighted by Gasteiger charge is -1.98. The van der Waals surface area contributed by atoms with Crippen molar-refractivity contribution in [2.45, 2.75) is 19.8 Å². The second-order valence-electron chi connectivity index (χ2n) is 4.48. The highest BCUT2D eigenvalue weighted by Gasteiger charge is 2.11. The molecule has 0 atom stereocenters. The number of hydrogen-bond acceptors (Lipinski definition) is 3. The molecule has 0 fully saturated rings. The van der Waals surface area contributed by atoms with Gasteiger partial charge >= 0.3 is 0 Å². The second kappa shape index (κ2) is 7.38. The number of hydrogen-bond donors (Lipinski definition) is 1. The maximum atomic E-state index is 11.4. The van der Waals surface area contributed by atoms with Crippen LogP contribution in [0.5, 0.6) is 11.5 Å². The minimum Gasteiger partial charge on any atom is -0.454 e. The summed E-state index contributed by atoms with van der Waals surface area (Å²) < 4.78 is 10.5. The van der Waals surface area contributed by atoms with Crippen LogP contribution in [0.25, 0.3) is 6.08 Å². The first-order valence-electron chi connectivity index (χ1n) is 6.82. The van der Waals surface area contributed by atoms with Gasteiger partial charge in [0.2, 0.25) is 12.7 Å². The molecule has 0 spiro atoms. The number of amides is 1. The van der Waals surface area contributed by atoms with Crippen LogP contribution < -0.4 is 14.8 Å². The zero-order valence-electron chi connectivity index (χ0n) is 11.6. The molecule has 1 amide bonds. The number of benzene rings is 1. The Morgan fingerprint density at radius 1 is 1.30 bits per heavy atom. The summed E-state index contributed by atoms with van der Waals surface area (Å²) in [7, 11) is 0. The summed E-state index contributed by atoms with van der Waals surface area (Å²) in [4.78, 5) is 11.4. The van der Waals surface area contributed by atoms with Crippen LogP contribution >= 0.6 is 0 Å². The Morgan fingerprint density at radius 3 is 3.00 bits per heavy atom. The third kappa shape index (κ3) is 4.16. The van der Waals surface area contributed by atoms with Crippen LogP contribution in [0.3, 0.4) is 0 Å². The minimum absolute atomic E-state index is 0.0613. The van der Waals surface area contributed by atoms with E-state index in [0.717, 1.165) is 36.4 Å². The maximum Gasteiger partial charge on any atom is 0.243 e. The Hall–Kier alpha value is -2.23. The molecule has 20 heavy (non-hydrogen) atoms. The molecule has 0 aliphatic carbocycles. The fourth-order valence-corrected chi connectivity index (χ4v) is 1.77. The van der Waals surface area contributed by atoms with Crippen molar-refractivity contribution in [3.8, 4) is 11.5 Å². The number of unbranched alkanes of at least 4 members (excludes halogenated alkanes) is 1. The summed E-state index contributed by atoms with van der Waals surface area (Å²) in [6, 6.07) is 5.73. The van der Waals surface area contributed by atoms with Gasteiger partial charge in [-0.15, -0.1) is 0 Å². The van der Waals surface area contributed by atoms with Gasteiger partial charge in [0, 0.05) is 12.6 Å². The Bertz CT molecular complexity index is 520. The van der Waals surface area contributed by atoms with Crippen molar-refractivity contribution < 1.29 is 14.3 Å². The average Bonchev–Trinajstić information content (AvgIpc) is 2.91. The Balaban J connectivity index is 1.82. The van der Waals surface area contributed by atoms with Crippen LogP contribution in [0.4, 0.5) is 0 Å². The van der Waals surface area contributed by atoms with Gasteiger partial charge in [0.25, 0.3) is 0 Å². The monoisotopic (exact) mass is 273 g/mol. The van der Waals surface area contributed by atoms with Gasteiger partial charge < -0.3 is 14.8 Å². The number of rotatable bonds is 6. The SMILES string of the molecule is CCCCNC(=O)/C=C/C=Cc1ccc2c(c1)OCO2. The normalized spacial score (nSPS) is 13.2. The van der Waals surface area contributed by atoms with Crippen LogP contribution in [-0.4, -0.2) is 19.2 Å². The van der Waals surface area contributed by atoms with E-state index >= 15 is 0 Å². The molecule has 0 saturated carbocycles. The second-order valence-corrected chi connectivity index (χ2v) is 4.48. The van der Waals surface area contributed by atoms with Gasteiger partial charge in [-0.3, -0.25) is 4.79 Å². The molecule has 2 rings (SSSR count). The van der Waals surface area contributed by atoms with Crippen molar-refractivity contribution in [3.05, 3.63) is 42.0 Å². The third-order valence-corrected chi connectivity index (χ3v) is 2.87. The Labute approximate surface area is 119 Å². The highest BCUT2D eigenvalue weighted by molar-refractivity contribution is 5.87. The van der Waals surface area contributed by atoms with E-state index in [4.69, 9.17) is 9.47 Å². The van der Waals surface area contributed by atoms with Crippen molar-refractivity contribution in [2.24, 2.45) is 0 Å². The number of nitrogens with one attached hydrogen (secondary N) is 1. The van der Waals surface area contributed by atoms with Gasteiger partial charge in [-0.1, -0.05) is 37.6 Å². The summed E-state index contributed by atoms with van der Waals surface area (Å²) in [5, 5.41) is 2.82. The Morgan fingerprint density at radius 2 is 2.15 bits per heavy atom. The molecular formula is C16H19NO3. The van der Waals surface area contributed by atoms with Crippen molar-refractivity contribution in [1.82, 2.24) is 5.32 Å². The van der Waals surface area contributed by atoms with E-state index in [1.54, 1.807) is 6.08 Å². The van der Waals surface area contributed by atoms with Gasteiger partial charge in [0.1, 0.15) is 0 Å². The molecule has 4 heteroatoms. The van der Waals surface area contributed by atoms with Crippen molar-refractivity contribution in [3.63, 3.8) is 0 Å². The topological polar surface area (TPSA) is 47.6 Å². The van der Waals surface area contributed by atoms with Gasteiger partial charge in [-0.05, 0) is 24.1 Å². The first kappa shape index (κ1) is 14.2. The van der Waals surface area contributed by atoms with Gasteiger partial charge in [0.15, 0.2) is 11.5 Å². The predicted molar refractivity (Wildman–Crippen MR) is 78.7 cm³/mol. The van der Waals surface area contributed by atoms with Gasteiger partial charge in [0.05, 0.1) is 0 Å². The largest absolute Gasteiger partial charge is 0.454 e. The standard InChI is InChI=1S/C16H19NO3/c1-2-3-10-17-16(18)7-5-4-6-13-8-9-14-15(11-13)20-12-19-14/h4-9,11H,2-3,10,12H2,1H3,(H,17,18)/b6-4?,7-5+. The molecular weight excluding hydrogens is 254 g/mol. The van der Waals surface area contributed by atoms with E-state index in [-0.39, 0.29) is 12.7 Å². The fraction of sp³-hybridized carbons (Fsp3) is 0.312. The summed E-state index contributed by atoms with van der Waals surface area (Å²) in [6.45, 7) is 3.10. The molecule has 1 N–H and O–H groups in total. The molecule has 4 nitrogen and oxygen atoms in total. The number of fused-ring (bicyclic) bond motifs is 1. The molecule has 0 saturated heterocycles. The number of allylic oxidation sites excluding steroid dienone is 2. The fourth-order valence-electron chi connectivity index (χ4n) is 1.77. The van der Waals surface area contributed by atoms with E-state index in [9.17, 15) is 4.79 Å². The van der Waals surface area contributed by atoms with Gasteiger partial charge in [-0.2, -0.15) is 0 Å². The lowest BCUT2D eigenvalue weighted by atomic mass is 10.2. The zero-order chi connectivity index (χ0) is 14.2. The van der Waals surface area contributed by atoms with Crippen LogP contribution in [0.1, 0.15) is 25.3 Å². The molecule has 1 heterocycles. The van der Waals surface area contributed by atoms with E-state index in [1.165, 1.54) is 6.08 Å². The highest BCUT2D eigenvalue weighted by atomic mass is 16.7. The molecule has 1 aromatic carbocycles. The van der Waals surface area contributed by atoms with E-state index in [1.807, 2.05) is 30.4 Å². The van der Waals surface area contributed by atoms with E-state index in [2.05, 4.69) is 12.2 Å². The van der Waals surface area contributed by atoms with Crippen molar-refractivity contribution in [2.75, 3.05) is 13.3 Å². The highest BCUT2D eigenvalue weighted by Crippen LogP contribution is 2.32. The van der Waals surface area contributed by atoms with Crippen molar-refractivity contribution in [1.29, 1.82) is 0 Å². The summed E-state index contributed by atoms with van der Waals surface area (Å²) in [5.74, 6) is 1.47. The van der Waals surface area contributed by atoms with E-state index < -0.39 is 0 Å². The van der Waals surface area contributed by atoms with Crippen LogP contribution in [0.2, 0.25) is 0 Å². The van der Waals surface area contributed by atoms with Gasteiger partial charge in [-0.25, -0.2) is 0 Å². The molecule has 0 unspecified atom stereocenters. The summed E-state index contributed by atoms with van der Waals surface area (Å²) >= 11 is 0. The Kier molecular flexibility index (Phi) is 5.24. The molecule has 1 aliphatic rings. The summed E-state index contributed by atoms with van der Waals surface area (Å²) in [6.07, 6.45) is 9.08. The zero-order valence-corrected chi connectivity index (χ0v) is 11.6. The molecule has 1 aliphatic heterocycles. The molecule has 0 bridgehead atoms. The molecule has 106 valence electrons. The maximum absolute atomic E-state index is 11.4. The number of carbonyl (C=O) groups excluding carboxylic acids is 1. The first-order valence-corrected chi connectivity index (χ1v) is 6.82. The van der Waals surface area contributed by atoms with E-state index in [0.29, 0.717) is 0 Å². The van der Waals surface area contributed by atoms with Crippen LogP contribution in [0, 0.1) is 0 Å². The number of carbonyl (C=O) groups is 1. The third-order valence-electron chi connectivity index (χ3n) is 2.87. The molecule has 1 aromatic rings. The van der Waals surface area contributed by atoms with Crippen molar-refractivity contribution >= 4 is 12.0 Å². The molecule has 0 radical (unpaired) electrons. The summed E-state index contributed by atoms with van der Waals surface area (Å²) in [5.41, 5.74) is 1.00. The average molecular weight is 273 g/mol. The quantitative estimate of drug-likeness (QED) is 0.492. The first-order chi connectivity index (χ1) is 9.79. The smallest absolute Gasteiger partial charge is 0.243 e.